The van der Waals surface area contributed by atoms with Crippen LogP contribution in [0.3, 0.4) is 0 Å². The fraction of sp³-hybridized carbons (Fsp3) is 0.375. The van der Waals surface area contributed by atoms with Crippen LogP contribution in [0.15, 0.2) is 29.4 Å². The maximum atomic E-state index is 12.0. The molecule has 0 atom stereocenters. The summed E-state index contributed by atoms with van der Waals surface area (Å²) in [5, 5.41) is 12.3. The molecule has 3 N–H and O–H groups in total. The molecule has 0 saturated carbocycles. The second-order valence-corrected chi connectivity index (χ2v) is 6.62. The number of thioether (sulfide) groups is 1. The highest BCUT2D eigenvalue weighted by atomic mass is 35.5. The van der Waals surface area contributed by atoms with Gasteiger partial charge in [0.1, 0.15) is 5.82 Å². The number of hydrogen-bond donors (Lipinski definition) is 2. The first-order chi connectivity index (χ1) is 12.0. The van der Waals surface area contributed by atoms with Crippen molar-refractivity contribution in [2.45, 2.75) is 38.0 Å². The number of carbonyl (C=O) groups excluding carboxylic acids is 2. The lowest BCUT2D eigenvalue weighted by molar-refractivity contribution is -0.119. The molecule has 134 valence electrons. The molecule has 2 aromatic rings. The smallest absolute Gasteiger partial charge is 0.230 e. The summed E-state index contributed by atoms with van der Waals surface area (Å²) < 4.78 is 1.88. The third kappa shape index (κ3) is 5.75. The molecule has 0 bridgehead atoms. The second kappa shape index (κ2) is 9.43. The Labute approximate surface area is 155 Å². The molecule has 0 aliphatic rings. The summed E-state index contributed by atoms with van der Waals surface area (Å²) in [6.07, 6.45) is 0.663. The van der Waals surface area contributed by atoms with Crippen LogP contribution in [-0.4, -0.2) is 32.3 Å². The lowest BCUT2D eigenvalue weighted by atomic mass is 10.2. The van der Waals surface area contributed by atoms with Crippen LogP contribution in [-0.2, 0) is 29.1 Å². The van der Waals surface area contributed by atoms with Gasteiger partial charge < -0.3 is 15.6 Å². The fourth-order valence-electron chi connectivity index (χ4n) is 2.18. The van der Waals surface area contributed by atoms with E-state index in [0.29, 0.717) is 35.5 Å². The van der Waals surface area contributed by atoms with Gasteiger partial charge in [0, 0.05) is 31.0 Å². The fourth-order valence-corrected chi connectivity index (χ4v) is 3.23. The Morgan fingerprint density at radius 2 is 2.08 bits per heavy atom. The molecule has 1 aromatic carbocycles. The number of carbonyl (C=O) groups is 2. The molecule has 1 heterocycles. The van der Waals surface area contributed by atoms with Crippen LogP contribution in [0.2, 0.25) is 5.02 Å². The van der Waals surface area contributed by atoms with E-state index in [1.54, 1.807) is 6.07 Å². The van der Waals surface area contributed by atoms with Gasteiger partial charge in [0.2, 0.25) is 11.8 Å². The molecule has 0 unspecified atom stereocenters. The Morgan fingerprint density at radius 1 is 1.32 bits per heavy atom. The molecule has 9 heteroatoms. The molecular formula is C16H20ClN5O2S. The standard InChI is InChI=1S/C16H20ClN5O2S/c1-2-22-14(8-7-13(18)23)20-21-16(22)25-10-15(24)19-9-11-5-3-4-6-12(11)17/h3-6H,2,7-10H2,1H3,(H2,18,23)(H,19,24). The number of aryl methyl sites for hydroxylation is 1. The van der Waals surface area contributed by atoms with Gasteiger partial charge in [-0.2, -0.15) is 0 Å². The molecule has 25 heavy (non-hydrogen) atoms. The van der Waals surface area contributed by atoms with Gasteiger partial charge in [-0.15, -0.1) is 10.2 Å². The lowest BCUT2D eigenvalue weighted by Crippen LogP contribution is -2.24. The molecule has 0 spiro atoms. The summed E-state index contributed by atoms with van der Waals surface area (Å²) in [7, 11) is 0. The zero-order valence-corrected chi connectivity index (χ0v) is 15.4. The van der Waals surface area contributed by atoms with Crippen molar-refractivity contribution in [2.75, 3.05) is 5.75 Å². The van der Waals surface area contributed by atoms with Gasteiger partial charge in [0.25, 0.3) is 0 Å². The zero-order chi connectivity index (χ0) is 18.2. The number of amides is 2. The third-order valence-electron chi connectivity index (χ3n) is 3.47. The van der Waals surface area contributed by atoms with E-state index >= 15 is 0 Å². The number of nitrogens with one attached hydrogen (secondary N) is 1. The molecule has 2 rings (SSSR count). The quantitative estimate of drug-likeness (QED) is 0.644. The zero-order valence-electron chi connectivity index (χ0n) is 13.9. The summed E-state index contributed by atoms with van der Waals surface area (Å²) in [4.78, 5) is 22.9. The Hall–Kier alpha value is -2.06. The highest BCUT2D eigenvalue weighted by Gasteiger charge is 2.13. The van der Waals surface area contributed by atoms with Crippen LogP contribution in [0.25, 0.3) is 0 Å². The average Bonchev–Trinajstić information content (AvgIpc) is 2.99. The Kier molecular flexibility index (Phi) is 7.27. The van der Waals surface area contributed by atoms with Crippen LogP contribution < -0.4 is 11.1 Å². The minimum atomic E-state index is -0.376. The third-order valence-corrected chi connectivity index (χ3v) is 4.81. The van der Waals surface area contributed by atoms with E-state index in [-0.39, 0.29) is 24.0 Å². The van der Waals surface area contributed by atoms with Crippen molar-refractivity contribution in [1.29, 1.82) is 0 Å². The van der Waals surface area contributed by atoms with Crippen molar-refractivity contribution in [3.8, 4) is 0 Å². The van der Waals surface area contributed by atoms with Gasteiger partial charge in [-0.25, -0.2) is 0 Å². The SMILES string of the molecule is CCn1c(CCC(N)=O)nnc1SCC(=O)NCc1ccccc1Cl. The topological polar surface area (TPSA) is 103 Å². The normalized spacial score (nSPS) is 10.6. The number of halogens is 1. The molecule has 0 fully saturated rings. The Bertz CT molecular complexity index is 750. The van der Waals surface area contributed by atoms with Crippen molar-refractivity contribution in [3.05, 3.63) is 40.7 Å². The van der Waals surface area contributed by atoms with Crippen LogP contribution in [0.1, 0.15) is 24.7 Å². The van der Waals surface area contributed by atoms with Crippen molar-refractivity contribution >= 4 is 35.2 Å². The Morgan fingerprint density at radius 3 is 2.76 bits per heavy atom. The van der Waals surface area contributed by atoms with E-state index in [2.05, 4.69) is 15.5 Å². The maximum Gasteiger partial charge on any atom is 0.230 e. The summed E-state index contributed by atoms with van der Waals surface area (Å²) >= 11 is 7.37. The molecule has 7 nitrogen and oxygen atoms in total. The molecule has 2 amide bonds. The van der Waals surface area contributed by atoms with E-state index in [9.17, 15) is 9.59 Å². The van der Waals surface area contributed by atoms with Crippen molar-refractivity contribution in [2.24, 2.45) is 5.73 Å². The van der Waals surface area contributed by atoms with E-state index < -0.39 is 0 Å². The first-order valence-electron chi connectivity index (χ1n) is 7.84. The van der Waals surface area contributed by atoms with Crippen LogP contribution in [0.5, 0.6) is 0 Å². The average molecular weight is 382 g/mol. The van der Waals surface area contributed by atoms with Crippen LogP contribution >= 0.6 is 23.4 Å². The molecule has 0 aliphatic heterocycles. The number of primary amides is 1. The number of aromatic nitrogens is 3. The van der Waals surface area contributed by atoms with Gasteiger partial charge in [-0.1, -0.05) is 41.6 Å². The van der Waals surface area contributed by atoms with Gasteiger partial charge in [-0.05, 0) is 18.6 Å². The van der Waals surface area contributed by atoms with Crippen molar-refractivity contribution in [3.63, 3.8) is 0 Å². The molecule has 0 aliphatic carbocycles. The first-order valence-corrected chi connectivity index (χ1v) is 9.21. The molecule has 1 aromatic heterocycles. The lowest BCUT2D eigenvalue weighted by Gasteiger charge is -2.08. The first kappa shape index (κ1) is 19.3. The largest absolute Gasteiger partial charge is 0.370 e. The maximum absolute atomic E-state index is 12.0. The summed E-state index contributed by atoms with van der Waals surface area (Å²) in [6, 6.07) is 7.37. The summed E-state index contributed by atoms with van der Waals surface area (Å²) in [5.41, 5.74) is 6.03. The summed E-state index contributed by atoms with van der Waals surface area (Å²) in [6.45, 7) is 2.99. The predicted octanol–water partition coefficient (Wildman–Crippen LogP) is 1.78. The predicted molar refractivity (Wildman–Crippen MR) is 97.2 cm³/mol. The number of nitrogens with two attached hydrogens (primary N) is 1. The molecular weight excluding hydrogens is 362 g/mol. The molecule has 0 radical (unpaired) electrons. The Balaban J connectivity index is 1.87. The van der Waals surface area contributed by atoms with E-state index in [1.165, 1.54) is 11.8 Å². The van der Waals surface area contributed by atoms with Crippen LogP contribution in [0.4, 0.5) is 0 Å². The summed E-state index contributed by atoms with van der Waals surface area (Å²) in [5.74, 6) is 0.423. The highest BCUT2D eigenvalue weighted by molar-refractivity contribution is 7.99. The van der Waals surface area contributed by atoms with Gasteiger partial charge in [-0.3, -0.25) is 9.59 Å². The number of hydrogen-bond acceptors (Lipinski definition) is 5. The van der Waals surface area contributed by atoms with E-state index in [0.717, 1.165) is 5.56 Å². The second-order valence-electron chi connectivity index (χ2n) is 5.27. The minimum absolute atomic E-state index is 0.116. The molecule has 0 saturated heterocycles. The highest BCUT2D eigenvalue weighted by Crippen LogP contribution is 2.18. The van der Waals surface area contributed by atoms with E-state index in [4.69, 9.17) is 17.3 Å². The minimum Gasteiger partial charge on any atom is -0.370 e. The van der Waals surface area contributed by atoms with Gasteiger partial charge >= 0.3 is 0 Å². The number of nitrogens with zero attached hydrogens (tertiary/aromatic N) is 3. The van der Waals surface area contributed by atoms with Crippen molar-refractivity contribution in [1.82, 2.24) is 20.1 Å². The van der Waals surface area contributed by atoms with Crippen molar-refractivity contribution < 1.29 is 9.59 Å². The van der Waals surface area contributed by atoms with Gasteiger partial charge in [0.15, 0.2) is 5.16 Å². The van der Waals surface area contributed by atoms with E-state index in [1.807, 2.05) is 29.7 Å². The van der Waals surface area contributed by atoms with Gasteiger partial charge in [0.05, 0.1) is 5.75 Å². The van der Waals surface area contributed by atoms with Crippen LogP contribution in [0, 0.1) is 0 Å². The number of rotatable bonds is 9. The monoisotopic (exact) mass is 381 g/mol. The number of benzene rings is 1.